The third-order valence-electron chi connectivity index (χ3n) is 2.44. The van der Waals surface area contributed by atoms with Crippen LogP contribution in [0.25, 0.3) is 0 Å². The van der Waals surface area contributed by atoms with Gasteiger partial charge in [-0.1, -0.05) is 34.8 Å². The van der Waals surface area contributed by atoms with Gasteiger partial charge >= 0.3 is 0 Å². The molecule has 0 saturated heterocycles. The molecular weight excluding hydrogens is 325 g/mol. The number of benzene rings is 2. The molecule has 0 heterocycles. The molecule has 3 N–H and O–H groups in total. The molecule has 104 valence electrons. The second kappa shape index (κ2) is 5.75. The zero-order chi connectivity index (χ0) is 14.9. The molecule has 20 heavy (non-hydrogen) atoms. The van der Waals surface area contributed by atoms with Crippen molar-refractivity contribution in [1.29, 1.82) is 0 Å². The van der Waals surface area contributed by atoms with E-state index in [2.05, 4.69) is 5.32 Å². The van der Waals surface area contributed by atoms with E-state index in [0.717, 1.165) is 0 Å². The molecule has 0 aliphatic heterocycles. The minimum absolute atomic E-state index is 0.122. The number of nitrogens with two attached hydrogens (primary N) is 1. The maximum absolute atomic E-state index is 10.8. The van der Waals surface area contributed by atoms with Crippen molar-refractivity contribution in [1.82, 2.24) is 0 Å². The van der Waals surface area contributed by atoms with Gasteiger partial charge in [0.25, 0.3) is 5.69 Å². The Kier molecular flexibility index (Phi) is 4.23. The Morgan fingerprint density at radius 3 is 2.30 bits per heavy atom. The van der Waals surface area contributed by atoms with Gasteiger partial charge in [0.2, 0.25) is 0 Å². The molecule has 0 aliphatic rings. The van der Waals surface area contributed by atoms with Crippen molar-refractivity contribution >= 4 is 57.6 Å². The van der Waals surface area contributed by atoms with Gasteiger partial charge in [-0.05, 0) is 18.2 Å². The summed E-state index contributed by atoms with van der Waals surface area (Å²) in [7, 11) is 0. The molecule has 2 aromatic rings. The molecule has 0 bridgehead atoms. The molecule has 0 saturated carbocycles. The molecular formula is C12H8Cl3N3O2. The molecule has 0 amide bonds. The maximum Gasteiger partial charge on any atom is 0.273 e. The normalized spacial score (nSPS) is 10.3. The van der Waals surface area contributed by atoms with Crippen LogP contribution in [-0.4, -0.2) is 4.92 Å². The van der Waals surface area contributed by atoms with Gasteiger partial charge in [0.15, 0.2) is 0 Å². The average molecular weight is 333 g/mol. The Hall–Kier alpha value is -1.69. The minimum Gasteiger partial charge on any atom is -0.398 e. The summed E-state index contributed by atoms with van der Waals surface area (Å²) in [5.74, 6) is 0. The average Bonchev–Trinajstić information content (AvgIpc) is 2.35. The predicted octanol–water partition coefficient (Wildman–Crippen LogP) is 4.88. The van der Waals surface area contributed by atoms with Crippen molar-refractivity contribution in [3.05, 3.63) is 55.5 Å². The number of rotatable bonds is 3. The highest BCUT2D eigenvalue weighted by Crippen LogP contribution is 2.35. The van der Waals surface area contributed by atoms with Crippen LogP contribution < -0.4 is 11.1 Å². The monoisotopic (exact) mass is 331 g/mol. The van der Waals surface area contributed by atoms with E-state index in [9.17, 15) is 10.1 Å². The van der Waals surface area contributed by atoms with Crippen molar-refractivity contribution in [2.45, 2.75) is 0 Å². The van der Waals surface area contributed by atoms with E-state index in [1.165, 1.54) is 24.3 Å². The van der Waals surface area contributed by atoms with Crippen LogP contribution in [0.15, 0.2) is 30.3 Å². The first-order chi connectivity index (χ1) is 9.36. The van der Waals surface area contributed by atoms with E-state index in [4.69, 9.17) is 40.5 Å². The molecule has 0 atom stereocenters. The van der Waals surface area contributed by atoms with Crippen molar-refractivity contribution in [3.8, 4) is 0 Å². The number of hydrogen-bond acceptors (Lipinski definition) is 4. The SMILES string of the molecule is Nc1cc(Nc2cc(Cl)c(Cl)cc2Cl)cc([N+](=O)[O-])c1. The van der Waals surface area contributed by atoms with Gasteiger partial charge in [0.1, 0.15) is 0 Å². The Bertz CT molecular complexity index is 692. The summed E-state index contributed by atoms with van der Waals surface area (Å²) in [5.41, 5.74) is 6.66. The summed E-state index contributed by atoms with van der Waals surface area (Å²) in [6.45, 7) is 0. The van der Waals surface area contributed by atoms with Gasteiger partial charge in [0.05, 0.1) is 25.7 Å². The number of nitrogens with one attached hydrogen (secondary N) is 1. The number of hydrogen-bond donors (Lipinski definition) is 2. The highest BCUT2D eigenvalue weighted by molar-refractivity contribution is 6.44. The lowest BCUT2D eigenvalue weighted by Gasteiger charge is -2.10. The molecule has 8 heteroatoms. The first-order valence-corrected chi connectivity index (χ1v) is 6.47. The largest absolute Gasteiger partial charge is 0.398 e. The van der Waals surface area contributed by atoms with Gasteiger partial charge in [-0.25, -0.2) is 0 Å². The van der Waals surface area contributed by atoms with Crippen LogP contribution in [0.5, 0.6) is 0 Å². The minimum atomic E-state index is -0.530. The molecule has 0 unspecified atom stereocenters. The second-order valence-electron chi connectivity index (χ2n) is 3.94. The number of halogens is 3. The van der Waals surface area contributed by atoms with Crippen LogP contribution in [0.4, 0.5) is 22.7 Å². The van der Waals surface area contributed by atoms with E-state index in [0.29, 0.717) is 26.4 Å². The fourth-order valence-corrected chi connectivity index (χ4v) is 2.18. The van der Waals surface area contributed by atoms with Crippen LogP contribution in [0.3, 0.4) is 0 Å². The summed E-state index contributed by atoms with van der Waals surface area (Å²) in [5, 5.41) is 14.7. The molecule has 5 nitrogen and oxygen atoms in total. The summed E-state index contributed by atoms with van der Waals surface area (Å²) in [6, 6.07) is 7.17. The molecule has 0 aromatic heterocycles. The number of nitro groups is 1. The van der Waals surface area contributed by atoms with Crippen molar-refractivity contribution in [3.63, 3.8) is 0 Å². The third-order valence-corrected chi connectivity index (χ3v) is 3.47. The maximum atomic E-state index is 10.8. The van der Waals surface area contributed by atoms with Gasteiger partial charge in [0, 0.05) is 23.5 Å². The van der Waals surface area contributed by atoms with Crippen LogP contribution in [0.2, 0.25) is 15.1 Å². The highest BCUT2D eigenvalue weighted by atomic mass is 35.5. The first kappa shape index (κ1) is 14.7. The lowest BCUT2D eigenvalue weighted by atomic mass is 10.2. The Morgan fingerprint density at radius 2 is 1.65 bits per heavy atom. The zero-order valence-electron chi connectivity index (χ0n) is 9.86. The molecule has 2 aromatic carbocycles. The Labute approximate surface area is 129 Å². The van der Waals surface area contributed by atoms with Crippen LogP contribution >= 0.6 is 34.8 Å². The zero-order valence-corrected chi connectivity index (χ0v) is 12.1. The molecule has 0 aliphatic carbocycles. The van der Waals surface area contributed by atoms with E-state index in [1.54, 1.807) is 6.07 Å². The van der Waals surface area contributed by atoms with Gasteiger partial charge in [-0.2, -0.15) is 0 Å². The van der Waals surface area contributed by atoms with E-state index < -0.39 is 4.92 Å². The topological polar surface area (TPSA) is 81.2 Å². The van der Waals surface area contributed by atoms with Gasteiger partial charge in [-0.15, -0.1) is 0 Å². The summed E-state index contributed by atoms with van der Waals surface area (Å²) < 4.78 is 0. The summed E-state index contributed by atoms with van der Waals surface area (Å²) >= 11 is 17.8. The Balaban J connectivity index is 2.40. The van der Waals surface area contributed by atoms with Crippen LogP contribution in [-0.2, 0) is 0 Å². The lowest BCUT2D eigenvalue weighted by Crippen LogP contribution is -1.96. The third kappa shape index (κ3) is 3.25. The standard InChI is InChI=1S/C12H8Cl3N3O2/c13-9-4-11(15)12(5-10(9)14)17-7-1-6(16)2-8(3-7)18(19)20/h1-5,17H,16H2. The van der Waals surface area contributed by atoms with Crippen molar-refractivity contribution in [2.24, 2.45) is 0 Å². The van der Waals surface area contributed by atoms with E-state index in [1.807, 2.05) is 0 Å². The van der Waals surface area contributed by atoms with Gasteiger partial charge in [-0.3, -0.25) is 10.1 Å². The molecule has 0 fully saturated rings. The smallest absolute Gasteiger partial charge is 0.273 e. The van der Waals surface area contributed by atoms with E-state index in [-0.39, 0.29) is 11.4 Å². The predicted molar refractivity (Wildman–Crippen MR) is 82.3 cm³/mol. The van der Waals surface area contributed by atoms with Crippen molar-refractivity contribution in [2.75, 3.05) is 11.1 Å². The Morgan fingerprint density at radius 1 is 1.00 bits per heavy atom. The number of anilines is 3. The number of nitro benzene ring substituents is 1. The van der Waals surface area contributed by atoms with Crippen molar-refractivity contribution < 1.29 is 4.92 Å². The van der Waals surface area contributed by atoms with Crippen LogP contribution in [0, 0.1) is 10.1 Å². The second-order valence-corrected chi connectivity index (χ2v) is 5.16. The quantitative estimate of drug-likeness (QED) is 0.363. The fraction of sp³-hybridized carbons (Fsp3) is 0. The highest BCUT2D eigenvalue weighted by Gasteiger charge is 2.11. The number of nitrogen functional groups attached to an aromatic ring is 1. The van der Waals surface area contributed by atoms with Gasteiger partial charge < -0.3 is 11.1 Å². The lowest BCUT2D eigenvalue weighted by molar-refractivity contribution is -0.384. The number of non-ortho nitro benzene ring substituents is 1. The summed E-state index contributed by atoms with van der Waals surface area (Å²) in [6.07, 6.45) is 0. The molecule has 2 rings (SSSR count). The van der Waals surface area contributed by atoms with Crippen LogP contribution in [0.1, 0.15) is 0 Å². The molecule has 0 spiro atoms. The number of nitrogens with zero attached hydrogens (tertiary/aromatic N) is 1. The van der Waals surface area contributed by atoms with E-state index >= 15 is 0 Å². The molecule has 0 radical (unpaired) electrons. The first-order valence-electron chi connectivity index (χ1n) is 5.33. The summed E-state index contributed by atoms with van der Waals surface area (Å²) in [4.78, 5) is 10.3. The fourth-order valence-electron chi connectivity index (χ4n) is 1.59.